The van der Waals surface area contributed by atoms with E-state index in [1.54, 1.807) is 30.3 Å². The van der Waals surface area contributed by atoms with Gasteiger partial charge in [-0.05, 0) is 18.2 Å². The lowest BCUT2D eigenvalue weighted by Crippen LogP contribution is -2.60. The highest BCUT2D eigenvalue weighted by molar-refractivity contribution is 5.94. The lowest BCUT2D eigenvalue weighted by atomic mass is 9.93. The van der Waals surface area contributed by atoms with Crippen molar-refractivity contribution < 1.29 is 39.5 Å². The summed E-state index contributed by atoms with van der Waals surface area (Å²) in [5.74, 6) is -3.53. The number of amides is 2. The highest BCUT2D eigenvalue weighted by Crippen LogP contribution is 2.22. The summed E-state index contributed by atoms with van der Waals surface area (Å²) < 4.78 is 5.11. The van der Waals surface area contributed by atoms with Crippen LogP contribution in [0, 0.1) is 0 Å². The first-order valence-electron chi connectivity index (χ1n) is 8.45. The molecule has 2 amide bonds. The SMILES string of the molecule is CC(=O)NC1[C@H]([C@@H](O)[C@@H](O)CNC(=O)c2ccccc2)OC(C(=O)[O-])=C[C@@H]1O. The minimum absolute atomic E-state index is 0.340. The Labute approximate surface area is 160 Å². The predicted molar refractivity (Wildman–Crippen MR) is 92.4 cm³/mol. The molecule has 10 heteroatoms. The fourth-order valence-electron chi connectivity index (χ4n) is 2.74. The number of nitrogens with one attached hydrogen (secondary N) is 2. The zero-order chi connectivity index (χ0) is 20.8. The van der Waals surface area contributed by atoms with Gasteiger partial charge in [-0.15, -0.1) is 0 Å². The number of ether oxygens (including phenoxy) is 1. The van der Waals surface area contributed by atoms with Crippen LogP contribution in [0.15, 0.2) is 42.2 Å². The second-order valence-corrected chi connectivity index (χ2v) is 6.25. The molecular formula is C18H21N2O8-. The van der Waals surface area contributed by atoms with E-state index in [0.29, 0.717) is 5.56 Å². The van der Waals surface area contributed by atoms with E-state index in [1.807, 2.05) is 0 Å². The fourth-order valence-corrected chi connectivity index (χ4v) is 2.74. The molecule has 2 rings (SSSR count). The van der Waals surface area contributed by atoms with Gasteiger partial charge < -0.3 is 40.6 Å². The molecule has 28 heavy (non-hydrogen) atoms. The number of carbonyl (C=O) groups is 3. The molecule has 0 saturated heterocycles. The molecule has 1 aromatic carbocycles. The normalized spacial score (nSPS) is 23.6. The van der Waals surface area contributed by atoms with Crippen molar-refractivity contribution in [1.29, 1.82) is 0 Å². The molecule has 152 valence electrons. The molecule has 0 spiro atoms. The van der Waals surface area contributed by atoms with Gasteiger partial charge in [0.05, 0.1) is 12.1 Å². The van der Waals surface area contributed by atoms with Gasteiger partial charge in [-0.25, -0.2) is 0 Å². The summed E-state index contributed by atoms with van der Waals surface area (Å²) in [4.78, 5) is 34.4. The molecule has 0 aromatic heterocycles. The van der Waals surface area contributed by atoms with E-state index < -0.39 is 54.0 Å². The molecule has 1 aliphatic rings. The number of rotatable bonds is 7. The molecule has 0 saturated carbocycles. The lowest BCUT2D eigenvalue weighted by molar-refractivity contribution is -0.305. The van der Waals surface area contributed by atoms with Crippen molar-refractivity contribution in [1.82, 2.24) is 10.6 Å². The number of aliphatic hydroxyl groups excluding tert-OH is 3. The fraction of sp³-hybridized carbons (Fsp3) is 0.389. The summed E-state index contributed by atoms with van der Waals surface area (Å²) in [6, 6.07) is 6.93. The maximum atomic E-state index is 12.0. The Morgan fingerprint density at radius 1 is 1.21 bits per heavy atom. The second kappa shape index (κ2) is 9.31. The van der Waals surface area contributed by atoms with Crippen LogP contribution in [0.1, 0.15) is 17.3 Å². The number of carbonyl (C=O) groups excluding carboxylic acids is 3. The molecule has 0 radical (unpaired) electrons. The van der Waals surface area contributed by atoms with Gasteiger partial charge >= 0.3 is 0 Å². The Hall–Kier alpha value is -2.95. The number of aliphatic hydroxyl groups is 3. The molecule has 1 aromatic rings. The maximum Gasteiger partial charge on any atom is 0.251 e. The first kappa shape index (κ1) is 21.4. The molecular weight excluding hydrogens is 372 g/mol. The van der Waals surface area contributed by atoms with Crippen molar-refractivity contribution in [2.45, 2.75) is 37.4 Å². The second-order valence-electron chi connectivity index (χ2n) is 6.25. The van der Waals surface area contributed by atoms with Crippen molar-refractivity contribution in [2.75, 3.05) is 6.54 Å². The predicted octanol–water partition coefficient (Wildman–Crippen LogP) is -2.96. The highest BCUT2D eigenvalue weighted by Gasteiger charge is 2.42. The molecule has 0 bridgehead atoms. The first-order valence-corrected chi connectivity index (χ1v) is 8.45. The third-order valence-corrected chi connectivity index (χ3v) is 4.12. The van der Waals surface area contributed by atoms with Gasteiger partial charge in [0.1, 0.15) is 23.9 Å². The average Bonchev–Trinajstić information content (AvgIpc) is 2.66. The van der Waals surface area contributed by atoms with Gasteiger partial charge in [-0.2, -0.15) is 0 Å². The topological polar surface area (TPSA) is 168 Å². The average molecular weight is 393 g/mol. The van der Waals surface area contributed by atoms with E-state index in [-0.39, 0.29) is 6.54 Å². The maximum absolute atomic E-state index is 12.0. The van der Waals surface area contributed by atoms with E-state index in [9.17, 15) is 34.8 Å². The van der Waals surface area contributed by atoms with E-state index in [1.165, 1.54) is 0 Å². The molecule has 1 unspecified atom stereocenters. The van der Waals surface area contributed by atoms with Crippen LogP contribution in [0.2, 0.25) is 0 Å². The quantitative estimate of drug-likeness (QED) is 0.327. The summed E-state index contributed by atoms with van der Waals surface area (Å²) in [5, 5.41) is 46.5. The van der Waals surface area contributed by atoms with Crippen LogP contribution in [0.25, 0.3) is 0 Å². The first-order chi connectivity index (χ1) is 13.2. The number of carboxylic acids is 1. The van der Waals surface area contributed by atoms with E-state index in [2.05, 4.69) is 10.6 Å². The number of carboxylic acid groups (broad SMARTS) is 1. The zero-order valence-electron chi connectivity index (χ0n) is 14.9. The van der Waals surface area contributed by atoms with Crippen LogP contribution < -0.4 is 15.7 Å². The summed E-state index contributed by atoms with van der Waals surface area (Å²) >= 11 is 0. The van der Waals surface area contributed by atoms with Gasteiger partial charge in [0.25, 0.3) is 5.91 Å². The molecule has 10 nitrogen and oxygen atoms in total. The van der Waals surface area contributed by atoms with Crippen LogP contribution in [0.5, 0.6) is 0 Å². The summed E-state index contributed by atoms with van der Waals surface area (Å²) in [6.45, 7) is 0.771. The number of benzene rings is 1. The van der Waals surface area contributed by atoms with Crippen molar-refractivity contribution in [3.63, 3.8) is 0 Å². The Morgan fingerprint density at radius 3 is 2.43 bits per heavy atom. The Kier molecular flexibility index (Phi) is 7.10. The monoisotopic (exact) mass is 393 g/mol. The van der Waals surface area contributed by atoms with Crippen molar-refractivity contribution in [3.05, 3.63) is 47.7 Å². The molecule has 5 atom stereocenters. The lowest BCUT2D eigenvalue weighted by Gasteiger charge is -2.39. The van der Waals surface area contributed by atoms with E-state index in [0.717, 1.165) is 13.0 Å². The van der Waals surface area contributed by atoms with Crippen molar-refractivity contribution in [2.24, 2.45) is 0 Å². The number of aliphatic carboxylic acids is 1. The molecule has 0 fully saturated rings. The Balaban J connectivity index is 2.08. The highest BCUT2D eigenvalue weighted by atomic mass is 16.5. The Morgan fingerprint density at radius 2 is 1.86 bits per heavy atom. The number of hydrogen-bond acceptors (Lipinski definition) is 8. The minimum Gasteiger partial charge on any atom is -0.542 e. The summed E-state index contributed by atoms with van der Waals surface area (Å²) in [5.41, 5.74) is 0.340. The van der Waals surface area contributed by atoms with E-state index >= 15 is 0 Å². The van der Waals surface area contributed by atoms with Crippen molar-refractivity contribution >= 4 is 17.8 Å². The van der Waals surface area contributed by atoms with Crippen LogP contribution in [0.4, 0.5) is 0 Å². The minimum atomic E-state index is -1.74. The van der Waals surface area contributed by atoms with Gasteiger partial charge in [0.2, 0.25) is 5.91 Å². The van der Waals surface area contributed by atoms with E-state index in [4.69, 9.17) is 4.74 Å². The third-order valence-electron chi connectivity index (χ3n) is 4.12. The van der Waals surface area contributed by atoms with Gasteiger partial charge in [0, 0.05) is 19.0 Å². The number of hydrogen-bond donors (Lipinski definition) is 5. The largest absolute Gasteiger partial charge is 0.542 e. The van der Waals surface area contributed by atoms with Crippen molar-refractivity contribution in [3.8, 4) is 0 Å². The van der Waals surface area contributed by atoms with Crippen LogP contribution in [-0.2, 0) is 14.3 Å². The van der Waals surface area contributed by atoms with Crippen LogP contribution in [0.3, 0.4) is 0 Å². The summed E-state index contributed by atoms with van der Waals surface area (Å²) in [7, 11) is 0. The van der Waals surface area contributed by atoms with Crippen LogP contribution in [-0.4, -0.2) is 70.1 Å². The standard InChI is InChI=1S/C18H22N2O8/c1-9(21)20-14-11(22)7-13(18(26)27)28-16(14)15(24)12(23)8-19-17(25)10-5-3-2-4-6-10/h2-7,11-12,14-16,22-24H,8H2,1H3,(H,19,25)(H,20,21)(H,26,27)/p-1/t11-,12-,14?,15-,16+/m0/s1. The smallest absolute Gasteiger partial charge is 0.251 e. The summed E-state index contributed by atoms with van der Waals surface area (Å²) in [6.07, 6.45) is -5.51. The van der Waals surface area contributed by atoms with Gasteiger partial charge in [-0.1, -0.05) is 18.2 Å². The van der Waals surface area contributed by atoms with Gasteiger partial charge in [0.15, 0.2) is 6.10 Å². The molecule has 5 N–H and O–H groups in total. The van der Waals surface area contributed by atoms with Crippen LogP contribution >= 0.6 is 0 Å². The molecule has 1 heterocycles. The zero-order valence-corrected chi connectivity index (χ0v) is 14.9. The van der Waals surface area contributed by atoms with Gasteiger partial charge in [-0.3, -0.25) is 9.59 Å². The third kappa shape index (κ3) is 5.28. The molecule has 1 aliphatic heterocycles. The Bertz CT molecular complexity index is 751. The molecule has 0 aliphatic carbocycles.